The minimum Gasteiger partial charge on any atom is -0.492 e. The molecule has 4 nitrogen and oxygen atoms in total. The van der Waals surface area contributed by atoms with Crippen LogP contribution in [0.3, 0.4) is 0 Å². The predicted octanol–water partition coefficient (Wildman–Crippen LogP) is 0.651. The van der Waals surface area contributed by atoms with Crippen LogP contribution in [0.15, 0.2) is 24.3 Å². The Morgan fingerprint density at radius 3 is 2.93 bits per heavy atom. The molecule has 0 bridgehead atoms. The van der Waals surface area contributed by atoms with Crippen LogP contribution in [0.4, 0.5) is 0 Å². The van der Waals surface area contributed by atoms with Crippen molar-refractivity contribution < 1.29 is 14.6 Å². The lowest BCUT2D eigenvalue weighted by atomic mass is 9.80. The average molecular weight is 207 g/mol. The van der Waals surface area contributed by atoms with Gasteiger partial charge in [0.1, 0.15) is 17.8 Å². The normalized spacial score (nSPS) is 24.1. The van der Waals surface area contributed by atoms with Crippen molar-refractivity contribution in [3.05, 3.63) is 29.8 Å². The predicted molar refractivity (Wildman–Crippen MR) is 54.8 cm³/mol. The molecule has 1 unspecified atom stereocenters. The molecule has 4 heteroatoms. The molecule has 0 amide bonds. The van der Waals surface area contributed by atoms with Gasteiger partial charge in [-0.1, -0.05) is 18.2 Å². The lowest BCUT2D eigenvalue weighted by Crippen LogP contribution is -2.47. The minimum absolute atomic E-state index is 0.0939. The van der Waals surface area contributed by atoms with E-state index in [1.165, 1.54) is 0 Å². The summed E-state index contributed by atoms with van der Waals surface area (Å²) in [5.74, 6) is -0.123. The standard InChI is InChI=1S/C11H13NO3/c12-6-11(10(13)14)5-8-3-1-2-4-9(8)15-7-11/h1-4H,5-7,12H2,(H,13,14). The molecule has 0 saturated heterocycles. The molecular weight excluding hydrogens is 194 g/mol. The molecule has 80 valence electrons. The Morgan fingerprint density at radius 2 is 2.27 bits per heavy atom. The van der Waals surface area contributed by atoms with E-state index in [4.69, 9.17) is 15.6 Å². The first-order chi connectivity index (χ1) is 7.18. The van der Waals surface area contributed by atoms with Gasteiger partial charge in [-0.05, 0) is 18.1 Å². The monoisotopic (exact) mass is 207 g/mol. The highest BCUT2D eigenvalue weighted by Gasteiger charge is 2.41. The highest BCUT2D eigenvalue weighted by molar-refractivity contribution is 5.76. The highest BCUT2D eigenvalue weighted by Crippen LogP contribution is 2.33. The molecule has 3 N–H and O–H groups in total. The largest absolute Gasteiger partial charge is 0.492 e. The van der Waals surface area contributed by atoms with Crippen LogP contribution in [0.2, 0.25) is 0 Å². The van der Waals surface area contributed by atoms with Crippen molar-refractivity contribution in [2.75, 3.05) is 13.2 Å². The summed E-state index contributed by atoms with van der Waals surface area (Å²) < 4.78 is 5.43. The maximum atomic E-state index is 11.2. The molecule has 1 aromatic rings. The summed E-state index contributed by atoms with van der Waals surface area (Å²) >= 11 is 0. The zero-order chi connectivity index (χ0) is 10.9. The first kappa shape index (κ1) is 9.98. The van der Waals surface area contributed by atoms with Gasteiger partial charge in [0.25, 0.3) is 0 Å². The van der Waals surface area contributed by atoms with Gasteiger partial charge in [-0.15, -0.1) is 0 Å². The summed E-state index contributed by atoms with van der Waals surface area (Å²) in [4.78, 5) is 11.2. The van der Waals surface area contributed by atoms with Gasteiger partial charge in [0.15, 0.2) is 0 Å². The van der Waals surface area contributed by atoms with Crippen LogP contribution in [0.1, 0.15) is 5.56 Å². The Morgan fingerprint density at radius 1 is 1.53 bits per heavy atom. The molecule has 0 aromatic heterocycles. The van der Waals surface area contributed by atoms with E-state index in [9.17, 15) is 4.79 Å². The molecule has 0 radical (unpaired) electrons. The number of carboxylic acid groups (broad SMARTS) is 1. The number of hydrogen-bond acceptors (Lipinski definition) is 3. The SMILES string of the molecule is NCC1(C(=O)O)COc2ccccc2C1. The van der Waals surface area contributed by atoms with Gasteiger partial charge in [-0.3, -0.25) is 4.79 Å². The summed E-state index contributed by atoms with van der Waals surface area (Å²) in [6.45, 7) is 0.243. The van der Waals surface area contributed by atoms with Gasteiger partial charge in [0.05, 0.1) is 0 Å². The third kappa shape index (κ3) is 1.57. The Balaban J connectivity index is 2.35. The third-order valence-electron chi connectivity index (χ3n) is 2.85. The first-order valence-corrected chi connectivity index (χ1v) is 4.82. The molecular formula is C11H13NO3. The second-order valence-corrected chi connectivity index (χ2v) is 3.86. The lowest BCUT2D eigenvalue weighted by molar-refractivity contribution is -0.151. The quantitative estimate of drug-likeness (QED) is 0.746. The second kappa shape index (κ2) is 3.55. The number of ether oxygens (including phenoxy) is 1. The summed E-state index contributed by atoms with van der Waals surface area (Å²) in [6, 6.07) is 7.46. The molecule has 0 spiro atoms. The number of nitrogens with two attached hydrogens (primary N) is 1. The number of para-hydroxylation sites is 1. The smallest absolute Gasteiger partial charge is 0.314 e. The van der Waals surface area contributed by atoms with Crippen LogP contribution >= 0.6 is 0 Å². The van der Waals surface area contributed by atoms with E-state index in [1.807, 2.05) is 24.3 Å². The van der Waals surface area contributed by atoms with E-state index in [-0.39, 0.29) is 13.2 Å². The summed E-state index contributed by atoms with van der Waals surface area (Å²) in [6.07, 6.45) is 0.439. The van der Waals surface area contributed by atoms with Crippen molar-refractivity contribution >= 4 is 5.97 Å². The van der Waals surface area contributed by atoms with E-state index in [0.29, 0.717) is 6.42 Å². The van der Waals surface area contributed by atoms with Gasteiger partial charge < -0.3 is 15.6 Å². The second-order valence-electron chi connectivity index (χ2n) is 3.86. The minimum atomic E-state index is -0.964. The van der Waals surface area contributed by atoms with Crippen LogP contribution in [0.5, 0.6) is 5.75 Å². The topological polar surface area (TPSA) is 72.6 Å². The van der Waals surface area contributed by atoms with Gasteiger partial charge >= 0.3 is 5.97 Å². The number of hydrogen-bond donors (Lipinski definition) is 2. The molecule has 1 atom stereocenters. The zero-order valence-corrected chi connectivity index (χ0v) is 8.27. The fourth-order valence-electron chi connectivity index (χ4n) is 1.78. The fraction of sp³-hybridized carbons (Fsp3) is 0.364. The van der Waals surface area contributed by atoms with Gasteiger partial charge in [-0.2, -0.15) is 0 Å². The maximum Gasteiger partial charge on any atom is 0.314 e. The van der Waals surface area contributed by atoms with E-state index in [1.54, 1.807) is 0 Å². The fourth-order valence-corrected chi connectivity index (χ4v) is 1.78. The van der Waals surface area contributed by atoms with Crippen molar-refractivity contribution in [3.63, 3.8) is 0 Å². The Kier molecular flexibility index (Phi) is 2.36. The molecule has 0 fully saturated rings. The van der Waals surface area contributed by atoms with E-state index in [2.05, 4.69) is 0 Å². The average Bonchev–Trinajstić information content (AvgIpc) is 2.28. The van der Waals surface area contributed by atoms with E-state index < -0.39 is 11.4 Å². The van der Waals surface area contributed by atoms with Crippen molar-refractivity contribution in [1.82, 2.24) is 0 Å². The number of aliphatic carboxylic acids is 1. The summed E-state index contributed by atoms with van der Waals surface area (Å²) in [5.41, 5.74) is 5.49. The number of carboxylic acids is 1. The zero-order valence-electron chi connectivity index (χ0n) is 8.27. The van der Waals surface area contributed by atoms with Crippen LogP contribution in [0, 0.1) is 5.41 Å². The van der Waals surface area contributed by atoms with E-state index in [0.717, 1.165) is 11.3 Å². The molecule has 1 aliphatic rings. The van der Waals surface area contributed by atoms with E-state index >= 15 is 0 Å². The lowest BCUT2D eigenvalue weighted by Gasteiger charge is -2.33. The number of fused-ring (bicyclic) bond motifs is 1. The Labute approximate surface area is 87.7 Å². The van der Waals surface area contributed by atoms with Gasteiger partial charge in [0.2, 0.25) is 0 Å². The summed E-state index contributed by atoms with van der Waals surface area (Å²) in [7, 11) is 0. The van der Waals surface area contributed by atoms with Crippen LogP contribution in [0.25, 0.3) is 0 Å². The van der Waals surface area contributed by atoms with Crippen molar-refractivity contribution in [3.8, 4) is 5.75 Å². The Bertz CT molecular complexity index is 391. The number of rotatable bonds is 2. The maximum absolute atomic E-state index is 11.2. The molecule has 15 heavy (non-hydrogen) atoms. The summed E-state index contributed by atoms with van der Waals surface area (Å²) in [5, 5.41) is 9.15. The van der Waals surface area contributed by atoms with Gasteiger partial charge in [-0.25, -0.2) is 0 Å². The van der Waals surface area contributed by atoms with Crippen LogP contribution in [-0.4, -0.2) is 24.2 Å². The highest BCUT2D eigenvalue weighted by atomic mass is 16.5. The van der Waals surface area contributed by atoms with Crippen LogP contribution in [-0.2, 0) is 11.2 Å². The molecule has 1 aliphatic heterocycles. The molecule has 1 heterocycles. The Hall–Kier alpha value is -1.55. The molecule has 1 aromatic carbocycles. The van der Waals surface area contributed by atoms with Crippen molar-refractivity contribution in [2.45, 2.75) is 6.42 Å². The van der Waals surface area contributed by atoms with Crippen molar-refractivity contribution in [2.24, 2.45) is 11.1 Å². The molecule has 0 aliphatic carbocycles. The van der Waals surface area contributed by atoms with Crippen LogP contribution < -0.4 is 10.5 Å². The molecule has 0 saturated carbocycles. The van der Waals surface area contributed by atoms with Crippen molar-refractivity contribution in [1.29, 1.82) is 0 Å². The number of carbonyl (C=O) groups is 1. The molecule has 2 rings (SSSR count). The number of benzene rings is 1. The third-order valence-corrected chi connectivity index (χ3v) is 2.85. The van der Waals surface area contributed by atoms with Gasteiger partial charge in [0, 0.05) is 6.54 Å². The first-order valence-electron chi connectivity index (χ1n) is 4.82.